The van der Waals surface area contributed by atoms with E-state index in [1.807, 2.05) is 48.5 Å². The third-order valence-corrected chi connectivity index (χ3v) is 7.14. The van der Waals surface area contributed by atoms with Gasteiger partial charge in [-0.1, -0.05) is 38.1 Å². The van der Waals surface area contributed by atoms with E-state index >= 15 is 0 Å². The maximum absolute atomic E-state index is 13.0. The second-order valence-electron chi connectivity index (χ2n) is 8.35. The summed E-state index contributed by atoms with van der Waals surface area (Å²) in [6, 6.07) is 15.4. The SMILES string of the molecule is CC(C)c1ccc(NC(=O)C2CCN(C(=O)C3Sc4ccccc4NC3=O)CC2)cc1. The number of likely N-dealkylation sites (tertiary alicyclic amines) is 1. The van der Waals surface area contributed by atoms with Gasteiger partial charge in [-0.3, -0.25) is 14.4 Å². The fourth-order valence-electron chi connectivity index (χ4n) is 3.94. The fraction of sp³-hybridized carbons (Fsp3) is 0.375. The number of para-hydroxylation sites is 1. The highest BCUT2D eigenvalue weighted by molar-refractivity contribution is 8.01. The van der Waals surface area contributed by atoms with Crippen LogP contribution in [0.15, 0.2) is 53.4 Å². The number of hydrogen-bond donors (Lipinski definition) is 2. The number of amides is 3. The molecule has 31 heavy (non-hydrogen) atoms. The molecule has 1 atom stereocenters. The lowest BCUT2D eigenvalue weighted by molar-refractivity contribution is -0.136. The molecule has 0 radical (unpaired) electrons. The maximum atomic E-state index is 13.0. The number of nitrogens with one attached hydrogen (secondary N) is 2. The molecular weight excluding hydrogens is 410 g/mol. The van der Waals surface area contributed by atoms with Crippen LogP contribution in [0.3, 0.4) is 0 Å². The maximum Gasteiger partial charge on any atom is 0.247 e. The molecular formula is C24H27N3O3S. The Kier molecular flexibility index (Phi) is 6.32. The highest BCUT2D eigenvalue weighted by Gasteiger charge is 2.37. The lowest BCUT2D eigenvalue weighted by atomic mass is 9.95. The summed E-state index contributed by atoms with van der Waals surface area (Å²) in [6.45, 7) is 5.23. The average molecular weight is 438 g/mol. The molecule has 2 heterocycles. The van der Waals surface area contributed by atoms with Crippen molar-refractivity contribution < 1.29 is 14.4 Å². The van der Waals surface area contributed by atoms with E-state index in [9.17, 15) is 14.4 Å². The van der Waals surface area contributed by atoms with Crippen molar-refractivity contribution in [2.75, 3.05) is 23.7 Å². The smallest absolute Gasteiger partial charge is 0.247 e. The van der Waals surface area contributed by atoms with E-state index in [1.54, 1.807) is 4.90 Å². The Morgan fingerprint density at radius 1 is 1.06 bits per heavy atom. The van der Waals surface area contributed by atoms with Crippen LogP contribution in [-0.2, 0) is 14.4 Å². The minimum atomic E-state index is -0.778. The van der Waals surface area contributed by atoms with E-state index in [1.165, 1.54) is 17.3 Å². The van der Waals surface area contributed by atoms with Crippen LogP contribution in [0.25, 0.3) is 0 Å². The zero-order chi connectivity index (χ0) is 22.0. The molecule has 162 valence electrons. The van der Waals surface area contributed by atoms with E-state index < -0.39 is 5.25 Å². The first-order valence-corrected chi connectivity index (χ1v) is 11.6. The van der Waals surface area contributed by atoms with Crippen molar-refractivity contribution in [1.82, 2.24) is 4.90 Å². The van der Waals surface area contributed by atoms with Crippen molar-refractivity contribution in [3.8, 4) is 0 Å². The van der Waals surface area contributed by atoms with E-state index in [0.717, 1.165) is 16.3 Å². The molecule has 2 N–H and O–H groups in total. The molecule has 0 saturated carbocycles. The molecule has 1 saturated heterocycles. The van der Waals surface area contributed by atoms with Crippen molar-refractivity contribution in [3.63, 3.8) is 0 Å². The number of hydrogen-bond acceptors (Lipinski definition) is 4. The minimum Gasteiger partial charge on any atom is -0.341 e. The van der Waals surface area contributed by atoms with Crippen LogP contribution in [-0.4, -0.2) is 41.0 Å². The molecule has 2 aliphatic heterocycles. The molecule has 0 aromatic heterocycles. The van der Waals surface area contributed by atoms with Crippen LogP contribution in [0.5, 0.6) is 0 Å². The standard InChI is InChI=1S/C24H27N3O3S/c1-15(2)16-7-9-18(10-8-16)25-22(28)17-11-13-27(14-12-17)24(30)21-23(29)26-19-5-3-4-6-20(19)31-21/h3-10,15,17,21H,11-14H2,1-2H3,(H,25,28)(H,26,29). The number of carbonyl (C=O) groups is 3. The molecule has 2 aromatic rings. The summed E-state index contributed by atoms with van der Waals surface area (Å²) in [5.41, 5.74) is 2.78. The normalized spacial score (nSPS) is 19.0. The second kappa shape index (κ2) is 9.14. The highest BCUT2D eigenvalue weighted by Crippen LogP contribution is 2.36. The lowest BCUT2D eigenvalue weighted by Crippen LogP contribution is -2.48. The van der Waals surface area contributed by atoms with Crippen LogP contribution < -0.4 is 10.6 Å². The minimum absolute atomic E-state index is 0.0110. The summed E-state index contributed by atoms with van der Waals surface area (Å²) in [5.74, 6) is -0.159. The molecule has 2 aliphatic rings. The Morgan fingerprint density at radius 3 is 2.42 bits per heavy atom. The van der Waals surface area contributed by atoms with Gasteiger partial charge < -0.3 is 15.5 Å². The fourth-order valence-corrected chi connectivity index (χ4v) is 5.01. The van der Waals surface area contributed by atoms with Crippen molar-refractivity contribution in [2.45, 2.75) is 42.8 Å². The first kappa shape index (κ1) is 21.4. The van der Waals surface area contributed by atoms with Gasteiger partial charge in [0.15, 0.2) is 5.25 Å². The molecule has 0 bridgehead atoms. The van der Waals surface area contributed by atoms with Gasteiger partial charge in [0.1, 0.15) is 0 Å². The van der Waals surface area contributed by atoms with Gasteiger partial charge in [0.25, 0.3) is 0 Å². The zero-order valence-corrected chi connectivity index (χ0v) is 18.6. The van der Waals surface area contributed by atoms with E-state index in [0.29, 0.717) is 31.8 Å². The Balaban J connectivity index is 1.31. The molecule has 1 unspecified atom stereocenters. The molecule has 6 nitrogen and oxygen atoms in total. The van der Waals surface area contributed by atoms with E-state index in [4.69, 9.17) is 0 Å². The van der Waals surface area contributed by atoms with Gasteiger partial charge in [0.05, 0.1) is 5.69 Å². The van der Waals surface area contributed by atoms with Crippen LogP contribution in [0.4, 0.5) is 11.4 Å². The number of rotatable bonds is 4. The van der Waals surface area contributed by atoms with Crippen molar-refractivity contribution in [2.24, 2.45) is 5.92 Å². The largest absolute Gasteiger partial charge is 0.341 e. The summed E-state index contributed by atoms with van der Waals surface area (Å²) in [6.07, 6.45) is 1.19. The predicted molar refractivity (Wildman–Crippen MR) is 123 cm³/mol. The lowest BCUT2D eigenvalue weighted by Gasteiger charge is -2.34. The van der Waals surface area contributed by atoms with Gasteiger partial charge >= 0.3 is 0 Å². The van der Waals surface area contributed by atoms with Crippen LogP contribution in [0.2, 0.25) is 0 Å². The Hall–Kier alpha value is -2.80. The first-order valence-electron chi connectivity index (χ1n) is 10.7. The number of carbonyl (C=O) groups excluding carboxylic acids is 3. The molecule has 0 spiro atoms. The molecule has 7 heteroatoms. The van der Waals surface area contributed by atoms with Gasteiger partial charge in [-0.25, -0.2) is 0 Å². The third kappa shape index (κ3) is 4.77. The van der Waals surface area contributed by atoms with Gasteiger partial charge in [-0.2, -0.15) is 0 Å². The van der Waals surface area contributed by atoms with E-state index in [2.05, 4.69) is 24.5 Å². The van der Waals surface area contributed by atoms with Gasteiger partial charge in [0, 0.05) is 29.6 Å². The number of thioether (sulfide) groups is 1. The average Bonchev–Trinajstić information content (AvgIpc) is 2.78. The molecule has 1 fully saturated rings. The summed E-state index contributed by atoms with van der Waals surface area (Å²) in [7, 11) is 0. The monoisotopic (exact) mass is 437 g/mol. The Morgan fingerprint density at radius 2 is 1.74 bits per heavy atom. The van der Waals surface area contributed by atoms with Crippen LogP contribution in [0.1, 0.15) is 38.2 Å². The number of fused-ring (bicyclic) bond motifs is 1. The van der Waals surface area contributed by atoms with E-state index in [-0.39, 0.29) is 23.6 Å². The summed E-state index contributed by atoms with van der Waals surface area (Å²) >= 11 is 1.30. The number of piperidine rings is 1. The quantitative estimate of drug-likeness (QED) is 0.706. The van der Waals surface area contributed by atoms with Gasteiger partial charge in [0.2, 0.25) is 17.7 Å². The van der Waals surface area contributed by atoms with Gasteiger partial charge in [-0.05, 0) is 48.6 Å². The molecule has 3 amide bonds. The Bertz CT molecular complexity index is 982. The molecule has 0 aliphatic carbocycles. The summed E-state index contributed by atoms with van der Waals surface area (Å²) in [5, 5.41) is 5.04. The molecule has 2 aromatic carbocycles. The van der Waals surface area contributed by atoms with Crippen molar-refractivity contribution >= 4 is 40.9 Å². The van der Waals surface area contributed by atoms with Crippen molar-refractivity contribution in [1.29, 1.82) is 0 Å². The number of nitrogens with zero attached hydrogens (tertiary/aromatic N) is 1. The zero-order valence-electron chi connectivity index (χ0n) is 17.8. The highest BCUT2D eigenvalue weighted by atomic mass is 32.2. The van der Waals surface area contributed by atoms with Crippen molar-refractivity contribution in [3.05, 3.63) is 54.1 Å². The number of anilines is 2. The van der Waals surface area contributed by atoms with Crippen LogP contribution in [0, 0.1) is 5.92 Å². The second-order valence-corrected chi connectivity index (χ2v) is 9.50. The molecule has 4 rings (SSSR count). The summed E-state index contributed by atoms with van der Waals surface area (Å²) < 4.78 is 0. The number of benzene rings is 2. The van der Waals surface area contributed by atoms with Crippen LogP contribution >= 0.6 is 11.8 Å². The first-order chi connectivity index (χ1) is 14.9. The van der Waals surface area contributed by atoms with Gasteiger partial charge in [-0.15, -0.1) is 11.8 Å². The third-order valence-electron chi connectivity index (χ3n) is 5.87. The predicted octanol–water partition coefficient (Wildman–Crippen LogP) is 4.10. The Labute approximate surface area is 186 Å². The summed E-state index contributed by atoms with van der Waals surface area (Å²) in [4.78, 5) is 40.7. The topological polar surface area (TPSA) is 78.5 Å².